The summed E-state index contributed by atoms with van der Waals surface area (Å²) in [7, 11) is 0. The summed E-state index contributed by atoms with van der Waals surface area (Å²) in [5.41, 5.74) is 0.845. The van der Waals surface area contributed by atoms with Crippen molar-refractivity contribution in [3.05, 3.63) is 80.8 Å². The average Bonchev–Trinajstić information content (AvgIpc) is 2.94. The monoisotopic (exact) mass is 471 g/mol. The van der Waals surface area contributed by atoms with Crippen LogP contribution in [0, 0.1) is 0 Å². The van der Waals surface area contributed by atoms with Gasteiger partial charge in [0.1, 0.15) is 11.3 Å². The summed E-state index contributed by atoms with van der Waals surface area (Å²) < 4.78 is 6.26. The number of fused-ring (bicyclic) bond motifs is 1. The number of benzene rings is 2. The van der Waals surface area contributed by atoms with Gasteiger partial charge in [0.25, 0.3) is 5.91 Å². The molecule has 8 heteroatoms. The first-order valence-electron chi connectivity index (χ1n) is 8.05. The molecule has 1 fully saturated rings. The highest BCUT2D eigenvalue weighted by Crippen LogP contribution is 2.35. The number of amides is 1. The quantitative estimate of drug-likeness (QED) is 0.213. The van der Waals surface area contributed by atoms with Gasteiger partial charge in [-0.15, -0.1) is 0 Å². The van der Waals surface area contributed by atoms with Crippen LogP contribution in [0.4, 0.5) is 0 Å². The van der Waals surface area contributed by atoms with Gasteiger partial charge in [0, 0.05) is 10.7 Å². The first-order chi connectivity index (χ1) is 13.5. The van der Waals surface area contributed by atoms with E-state index in [1.165, 1.54) is 6.20 Å². The lowest BCUT2D eigenvalue weighted by molar-refractivity contribution is -0.130. The minimum absolute atomic E-state index is 0.203. The van der Waals surface area contributed by atoms with E-state index in [0.717, 1.165) is 26.7 Å². The van der Waals surface area contributed by atoms with Crippen LogP contribution in [0.1, 0.15) is 15.9 Å². The number of thioether (sulfide) groups is 1. The Hall–Kier alpha value is -2.55. The smallest absolute Gasteiger partial charge is 0.349 e. The first-order valence-corrected chi connectivity index (χ1v) is 10.1. The lowest BCUT2D eigenvalue weighted by Crippen LogP contribution is -2.30. The summed E-state index contributed by atoms with van der Waals surface area (Å²) in [6.07, 6.45) is 2.87. The van der Waals surface area contributed by atoms with Gasteiger partial charge in [-0.1, -0.05) is 70.2 Å². The Labute approximate surface area is 178 Å². The van der Waals surface area contributed by atoms with E-state index in [9.17, 15) is 14.4 Å². The average molecular weight is 472 g/mol. The molecule has 0 radical (unpaired) electrons. The molecule has 2 aromatic rings. The minimum atomic E-state index is -0.812. The molecule has 2 aliphatic rings. The number of carbonyl (C=O) groups is 3. The van der Waals surface area contributed by atoms with Crippen LogP contribution in [0.5, 0.6) is 5.75 Å². The normalized spacial score (nSPS) is 19.4. The van der Waals surface area contributed by atoms with E-state index in [2.05, 4.69) is 15.9 Å². The van der Waals surface area contributed by atoms with Crippen molar-refractivity contribution in [2.45, 2.75) is 0 Å². The third-order valence-corrected chi connectivity index (χ3v) is 6.13. The Morgan fingerprint density at radius 1 is 1.04 bits per heavy atom. The largest absolute Gasteiger partial charge is 0.422 e. The fraction of sp³-hybridized carbons (Fsp3) is 0. The van der Waals surface area contributed by atoms with Crippen molar-refractivity contribution in [2.75, 3.05) is 0 Å². The number of thiocarbonyl (C=S) groups is 1. The van der Waals surface area contributed by atoms with E-state index in [-0.39, 0.29) is 21.2 Å². The zero-order valence-electron chi connectivity index (χ0n) is 14.0. The predicted octanol–water partition coefficient (Wildman–Crippen LogP) is 4.34. The molecule has 0 spiro atoms. The number of nitrogens with zero attached hydrogens (tertiary/aromatic N) is 1. The molecule has 1 saturated heterocycles. The third kappa shape index (κ3) is 3.34. The van der Waals surface area contributed by atoms with Gasteiger partial charge in [0.05, 0.1) is 10.5 Å². The highest BCUT2D eigenvalue weighted by molar-refractivity contribution is 9.10. The summed E-state index contributed by atoms with van der Waals surface area (Å²) in [6.45, 7) is 0. The molecule has 0 unspecified atom stereocenters. The van der Waals surface area contributed by atoms with Crippen molar-refractivity contribution in [3.8, 4) is 5.75 Å². The van der Waals surface area contributed by atoms with Gasteiger partial charge < -0.3 is 4.74 Å². The Morgan fingerprint density at radius 2 is 1.75 bits per heavy atom. The molecule has 0 bridgehead atoms. The number of halogens is 1. The molecular formula is C20H10BrNO4S2. The number of rotatable bonds is 2. The number of carbonyl (C=O) groups excluding carboxylic acids is 3. The Morgan fingerprint density at radius 3 is 2.54 bits per heavy atom. The summed E-state index contributed by atoms with van der Waals surface area (Å²) in [5.74, 6) is -1.52. The predicted molar refractivity (Wildman–Crippen MR) is 114 cm³/mol. The molecule has 2 aromatic carbocycles. The van der Waals surface area contributed by atoms with E-state index >= 15 is 0 Å². The van der Waals surface area contributed by atoms with Gasteiger partial charge in [0.2, 0.25) is 5.78 Å². The number of hydrogen-bond acceptors (Lipinski definition) is 6. The summed E-state index contributed by atoms with van der Waals surface area (Å²) in [4.78, 5) is 39.2. The second-order valence-electron chi connectivity index (χ2n) is 5.83. The highest BCUT2D eigenvalue weighted by Gasteiger charge is 2.36. The van der Waals surface area contributed by atoms with Gasteiger partial charge >= 0.3 is 5.97 Å². The van der Waals surface area contributed by atoms with Crippen LogP contribution < -0.4 is 4.74 Å². The zero-order valence-corrected chi connectivity index (χ0v) is 17.3. The van der Waals surface area contributed by atoms with E-state index in [4.69, 9.17) is 17.0 Å². The maximum absolute atomic E-state index is 12.8. The van der Waals surface area contributed by atoms with Gasteiger partial charge in [0.15, 0.2) is 4.32 Å². The molecule has 0 N–H and O–H groups in total. The molecule has 138 valence electrons. The summed E-state index contributed by atoms with van der Waals surface area (Å²) >= 11 is 9.81. The Bertz CT molecular complexity index is 1120. The number of esters is 1. The summed E-state index contributed by atoms with van der Waals surface area (Å²) in [6, 6.07) is 13.9. The molecule has 1 amide bonds. The molecule has 0 saturated carbocycles. The number of ketones is 1. The number of ether oxygens (including phenoxy) is 1. The van der Waals surface area contributed by atoms with Crippen molar-refractivity contribution < 1.29 is 19.1 Å². The molecule has 4 rings (SSSR count). The standard InChI is InChI=1S/C20H10BrNO4S2/c21-14-7-3-1-5-11(14)9-16-18(24)22(20(27)28-16)10-13-17(23)12-6-2-4-8-15(12)26-19(13)25/h1-10H. The maximum Gasteiger partial charge on any atom is 0.349 e. The fourth-order valence-electron chi connectivity index (χ4n) is 2.70. The molecule has 28 heavy (non-hydrogen) atoms. The van der Waals surface area contributed by atoms with Crippen LogP contribution >= 0.6 is 39.9 Å². The highest BCUT2D eigenvalue weighted by atomic mass is 79.9. The van der Waals surface area contributed by atoms with Crippen molar-refractivity contribution >= 4 is 68.0 Å². The molecule has 2 heterocycles. The number of para-hydroxylation sites is 1. The van der Waals surface area contributed by atoms with Crippen molar-refractivity contribution in [2.24, 2.45) is 0 Å². The van der Waals surface area contributed by atoms with Crippen LogP contribution in [0.25, 0.3) is 6.08 Å². The van der Waals surface area contributed by atoms with Gasteiger partial charge in [-0.2, -0.15) is 0 Å². The second-order valence-corrected chi connectivity index (χ2v) is 8.36. The van der Waals surface area contributed by atoms with Crippen LogP contribution in [0.15, 0.2) is 69.7 Å². The maximum atomic E-state index is 12.8. The molecule has 0 atom stereocenters. The minimum Gasteiger partial charge on any atom is -0.422 e. The first kappa shape index (κ1) is 18.8. The second kappa shape index (κ2) is 7.46. The Balaban J connectivity index is 1.68. The molecule has 0 aliphatic carbocycles. The number of Topliss-reactive ketones (excluding diaryl/α,β-unsaturated/α-hetero) is 1. The zero-order chi connectivity index (χ0) is 19.8. The van der Waals surface area contributed by atoms with Crippen LogP contribution in [-0.4, -0.2) is 26.9 Å². The van der Waals surface area contributed by atoms with Gasteiger partial charge in [-0.3, -0.25) is 14.5 Å². The number of hydrogen-bond donors (Lipinski definition) is 0. The molecule has 5 nitrogen and oxygen atoms in total. The molecule has 2 aliphatic heterocycles. The van der Waals surface area contributed by atoms with Crippen LogP contribution in [-0.2, 0) is 9.59 Å². The van der Waals surface area contributed by atoms with Crippen molar-refractivity contribution in [1.82, 2.24) is 4.90 Å². The lowest BCUT2D eigenvalue weighted by atomic mass is 10.0. The van der Waals surface area contributed by atoms with Crippen molar-refractivity contribution in [1.29, 1.82) is 0 Å². The van der Waals surface area contributed by atoms with Gasteiger partial charge in [-0.25, -0.2) is 4.79 Å². The van der Waals surface area contributed by atoms with E-state index in [0.29, 0.717) is 4.91 Å². The molecular weight excluding hydrogens is 462 g/mol. The van der Waals surface area contributed by atoms with E-state index in [1.54, 1.807) is 30.3 Å². The van der Waals surface area contributed by atoms with Gasteiger partial charge in [-0.05, 0) is 29.8 Å². The summed E-state index contributed by atoms with van der Waals surface area (Å²) in [5, 5.41) is 0. The van der Waals surface area contributed by atoms with E-state index in [1.807, 2.05) is 24.3 Å². The topological polar surface area (TPSA) is 63.7 Å². The fourth-order valence-corrected chi connectivity index (χ4v) is 4.30. The van der Waals surface area contributed by atoms with Crippen molar-refractivity contribution in [3.63, 3.8) is 0 Å². The lowest BCUT2D eigenvalue weighted by Gasteiger charge is -2.18. The Kier molecular flexibility index (Phi) is 5.01. The van der Waals surface area contributed by atoms with Crippen LogP contribution in [0.2, 0.25) is 0 Å². The van der Waals surface area contributed by atoms with Crippen LogP contribution in [0.3, 0.4) is 0 Å². The third-order valence-electron chi connectivity index (χ3n) is 4.07. The van der Waals surface area contributed by atoms with E-state index < -0.39 is 17.7 Å². The molecule has 0 aromatic heterocycles. The SMILES string of the molecule is O=C1Oc2ccccc2C(=O)C1=CN1C(=O)C(=Cc2ccccc2Br)SC1=S.